The molecule has 3 aromatic rings. The van der Waals surface area contributed by atoms with E-state index in [-0.39, 0.29) is 36.2 Å². The van der Waals surface area contributed by atoms with Gasteiger partial charge in [-0.3, -0.25) is 14.5 Å². The lowest BCUT2D eigenvalue weighted by atomic mass is 10.1. The molecule has 1 atom stereocenters. The number of carbonyl (C=O) groups excluding carboxylic acids is 3. The Balaban J connectivity index is 1.45. The molecule has 1 heterocycles. The van der Waals surface area contributed by atoms with Gasteiger partial charge in [-0.1, -0.05) is 36.4 Å². The van der Waals surface area contributed by atoms with Gasteiger partial charge in [-0.25, -0.2) is 9.18 Å². The highest BCUT2D eigenvalue weighted by Gasteiger charge is 2.32. The third-order valence-corrected chi connectivity index (χ3v) is 5.08. The van der Waals surface area contributed by atoms with E-state index in [0.29, 0.717) is 11.4 Å². The molecule has 0 spiro atoms. The first-order valence-corrected chi connectivity index (χ1v) is 10.3. The van der Waals surface area contributed by atoms with Crippen LogP contribution in [0.2, 0.25) is 0 Å². The Bertz CT molecular complexity index is 1200. The minimum absolute atomic E-state index is 0.124. The van der Waals surface area contributed by atoms with Crippen LogP contribution in [0.5, 0.6) is 5.75 Å². The van der Waals surface area contributed by atoms with E-state index in [9.17, 15) is 18.8 Å². The third kappa shape index (κ3) is 5.01. The lowest BCUT2D eigenvalue weighted by molar-refractivity contribution is -0.128. The van der Waals surface area contributed by atoms with E-state index in [1.807, 2.05) is 0 Å². The van der Waals surface area contributed by atoms with Gasteiger partial charge in [0.05, 0.1) is 11.4 Å². The van der Waals surface area contributed by atoms with E-state index in [0.717, 1.165) is 5.56 Å². The third-order valence-electron chi connectivity index (χ3n) is 5.08. The van der Waals surface area contributed by atoms with E-state index in [1.165, 1.54) is 30.0 Å². The van der Waals surface area contributed by atoms with Gasteiger partial charge in [-0.2, -0.15) is 0 Å². The summed E-state index contributed by atoms with van der Waals surface area (Å²) in [6.07, 6.45) is -1.14. The molecule has 3 aromatic carbocycles. The quantitative estimate of drug-likeness (QED) is 0.578. The summed E-state index contributed by atoms with van der Waals surface area (Å²) in [6, 6.07) is 19.2. The lowest BCUT2D eigenvalue weighted by Crippen LogP contribution is -2.47. The number of anilines is 2. The summed E-state index contributed by atoms with van der Waals surface area (Å²) in [5.41, 5.74) is 1.93. The van der Waals surface area contributed by atoms with Crippen LogP contribution >= 0.6 is 0 Å². The normalized spacial score (nSPS) is 13.5. The molecular weight excluding hydrogens is 427 g/mol. The molecule has 33 heavy (non-hydrogen) atoms. The van der Waals surface area contributed by atoms with Crippen LogP contribution in [0.25, 0.3) is 0 Å². The molecule has 0 fully saturated rings. The van der Waals surface area contributed by atoms with Gasteiger partial charge in [-0.05, 0) is 48.9 Å². The van der Waals surface area contributed by atoms with Crippen LogP contribution in [0.3, 0.4) is 0 Å². The summed E-state index contributed by atoms with van der Waals surface area (Å²) in [5, 5.41) is 2.71. The summed E-state index contributed by atoms with van der Waals surface area (Å²) in [7, 11) is 0. The van der Waals surface area contributed by atoms with E-state index in [2.05, 4.69) is 5.32 Å². The van der Waals surface area contributed by atoms with Gasteiger partial charge < -0.3 is 14.8 Å². The maximum atomic E-state index is 13.1. The molecule has 0 unspecified atom stereocenters. The van der Waals surface area contributed by atoms with Gasteiger partial charge in [0, 0.05) is 0 Å². The Morgan fingerprint density at radius 2 is 1.73 bits per heavy atom. The molecule has 168 valence electrons. The standard InChI is InChI=1S/C25H21FN2O5/c1-16(24(30)28-14-23(29)27-20-7-3-4-8-21(20)28)33-25(31)19-6-2-5-9-22(19)32-15-17-10-12-18(26)13-11-17/h2-13,16H,14-15H2,1H3,(H,27,29)/t16-/m0/s1. The number of nitrogens with one attached hydrogen (secondary N) is 1. The fraction of sp³-hybridized carbons (Fsp3) is 0.160. The van der Waals surface area contributed by atoms with Gasteiger partial charge in [0.1, 0.15) is 30.3 Å². The number of carbonyl (C=O) groups is 3. The average Bonchev–Trinajstić information content (AvgIpc) is 2.82. The van der Waals surface area contributed by atoms with Crippen LogP contribution in [0, 0.1) is 5.82 Å². The number of hydrogen-bond donors (Lipinski definition) is 1. The van der Waals surface area contributed by atoms with E-state index < -0.39 is 18.0 Å². The number of nitrogens with zero attached hydrogens (tertiary/aromatic N) is 1. The Kier molecular flexibility index (Phi) is 6.35. The highest BCUT2D eigenvalue weighted by Crippen LogP contribution is 2.30. The number of rotatable bonds is 6. The molecule has 0 radical (unpaired) electrons. The van der Waals surface area contributed by atoms with Gasteiger partial charge in [0.15, 0.2) is 6.10 Å². The SMILES string of the molecule is C[C@H](OC(=O)c1ccccc1OCc1ccc(F)cc1)C(=O)N1CC(=O)Nc2ccccc21. The van der Waals surface area contributed by atoms with E-state index >= 15 is 0 Å². The van der Waals surface area contributed by atoms with Gasteiger partial charge in [0.2, 0.25) is 5.91 Å². The van der Waals surface area contributed by atoms with Crippen LogP contribution < -0.4 is 15.0 Å². The van der Waals surface area contributed by atoms with Gasteiger partial charge in [-0.15, -0.1) is 0 Å². The van der Waals surface area contributed by atoms with Crippen molar-refractivity contribution in [3.63, 3.8) is 0 Å². The van der Waals surface area contributed by atoms with Crippen LogP contribution in [0.4, 0.5) is 15.8 Å². The molecular formula is C25H21FN2O5. The zero-order valence-electron chi connectivity index (χ0n) is 17.8. The first-order chi connectivity index (χ1) is 15.9. The molecule has 0 aliphatic carbocycles. The molecule has 0 aromatic heterocycles. The molecule has 8 heteroatoms. The summed E-state index contributed by atoms with van der Waals surface area (Å²) in [4.78, 5) is 39.1. The molecule has 1 aliphatic heterocycles. The molecule has 1 aliphatic rings. The number of benzene rings is 3. The predicted octanol–water partition coefficient (Wildman–Crippen LogP) is 3.94. The van der Waals surface area contributed by atoms with Crippen LogP contribution in [-0.4, -0.2) is 30.4 Å². The fourth-order valence-electron chi connectivity index (χ4n) is 3.43. The number of hydrogen-bond acceptors (Lipinski definition) is 5. The Morgan fingerprint density at radius 1 is 1.03 bits per heavy atom. The van der Waals surface area contributed by atoms with E-state index in [1.54, 1.807) is 54.6 Å². The van der Waals surface area contributed by atoms with Crippen molar-refractivity contribution in [2.24, 2.45) is 0 Å². The zero-order chi connectivity index (χ0) is 23.4. The largest absolute Gasteiger partial charge is 0.488 e. The van der Waals surface area contributed by atoms with E-state index in [4.69, 9.17) is 9.47 Å². The van der Waals surface area contributed by atoms with Crippen molar-refractivity contribution in [1.82, 2.24) is 0 Å². The highest BCUT2D eigenvalue weighted by molar-refractivity contribution is 6.11. The molecule has 4 rings (SSSR count). The van der Waals surface area contributed by atoms with Crippen molar-refractivity contribution >= 4 is 29.2 Å². The molecule has 2 amide bonds. The fourth-order valence-corrected chi connectivity index (χ4v) is 3.43. The second kappa shape index (κ2) is 9.52. The molecule has 1 N–H and O–H groups in total. The Hall–Kier alpha value is -4.20. The van der Waals surface area contributed by atoms with Crippen LogP contribution in [0.15, 0.2) is 72.8 Å². The molecule has 7 nitrogen and oxygen atoms in total. The monoisotopic (exact) mass is 448 g/mol. The molecule has 0 saturated carbocycles. The van der Waals surface area contributed by atoms with Crippen molar-refractivity contribution in [3.8, 4) is 5.75 Å². The maximum Gasteiger partial charge on any atom is 0.342 e. The van der Waals surface area contributed by atoms with Crippen LogP contribution in [0.1, 0.15) is 22.8 Å². The first-order valence-electron chi connectivity index (χ1n) is 10.3. The smallest absolute Gasteiger partial charge is 0.342 e. The lowest BCUT2D eigenvalue weighted by Gasteiger charge is -2.30. The van der Waals surface area contributed by atoms with Crippen LogP contribution in [-0.2, 0) is 20.9 Å². The summed E-state index contributed by atoms with van der Waals surface area (Å²) >= 11 is 0. The molecule has 0 saturated heterocycles. The highest BCUT2D eigenvalue weighted by atomic mass is 19.1. The second-order valence-electron chi connectivity index (χ2n) is 7.45. The van der Waals surface area contributed by atoms with Gasteiger partial charge >= 0.3 is 5.97 Å². The van der Waals surface area contributed by atoms with Crippen molar-refractivity contribution in [1.29, 1.82) is 0 Å². The Labute approximate surface area is 189 Å². The van der Waals surface area contributed by atoms with Crippen molar-refractivity contribution < 1.29 is 28.2 Å². The minimum Gasteiger partial charge on any atom is -0.488 e. The minimum atomic E-state index is -1.14. The van der Waals surface area contributed by atoms with Crippen molar-refractivity contribution in [2.75, 3.05) is 16.8 Å². The number of ether oxygens (including phenoxy) is 2. The number of halogens is 1. The van der Waals surface area contributed by atoms with Gasteiger partial charge in [0.25, 0.3) is 5.91 Å². The predicted molar refractivity (Wildman–Crippen MR) is 119 cm³/mol. The average molecular weight is 448 g/mol. The first kappa shape index (κ1) is 22.0. The summed E-state index contributed by atoms with van der Waals surface area (Å²) in [5.74, 6) is -1.67. The molecule has 0 bridgehead atoms. The second-order valence-corrected chi connectivity index (χ2v) is 7.45. The topological polar surface area (TPSA) is 84.9 Å². The number of amides is 2. The summed E-state index contributed by atoms with van der Waals surface area (Å²) in [6.45, 7) is 1.41. The maximum absolute atomic E-state index is 13.1. The van der Waals surface area contributed by atoms with Crippen molar-refractivity contribution in [3.05, 3.63) is 89.7 Å². The van der Waals surface area contributed by atoms with Crippen molar-refractivity contribution in [2.45, 2.75) is 19.6 Å². The number of fused-ring (bicyclic) bond motifs is 1. The zero-order valence-corrected chi connectivity index (χ0v) is 17.8. The Morgan fingerprint density at radius 3 is 2.52 bits per heavy atom. The summed E-state index contributed by atoms with van der Waals surface area (Å²) < 4.78 is 24.2. The number of esters is 1. The number of para-hydroxylation sites is 3.